The molecule has 4 amide bonds. The molecule has 0 radical (unpaired) electrons. The molecule has 2 aromatic rings. The lowest BCUT2D eigenvalue weighted by atomic mass is 9.89. The van der Waals surface area contributed by atoms with E-state index in [1.807, 2.05) is 35.2 Å². The second-order valence-corrected chi connectivity index (χ2v) is 11.0. The molecule has 0 saturated carbocycles. The van der Waals surface area contributed by atoms with Crippen molar-refractivity contribution < 1.29 is 19.2 Å². The molecule has 2 fully saturated rings. The van der Waals surface area contributed by atoms with Crippen molar-refractivity contribution in [1.29, 1.82) is 0 Å². The summed E-state index contributed by atoms with van der Waals surface area (Å²) < 4.78 is 0. The van der Waals surface area contributed by atoms with Crippen molar-refractivity contribution in [3.8, 4) is 0 Å². The van der Waals surface area contributed by atoms with Gasteiger partial charge in [-0.25, -0.2) is 5.01 Å². The molecule has 3 heterocycles. The van der Waals surface area contributed by atoms with Crippen molar-refractivity contribution in [3.05, 3.63) is 69.7 Å². The number of nitrogens with zero attached hydrogens (tertiary/aromatic N) is 3. The molecule has 0 N–H and O–H groups in total. The van der Waals surface area contributed by atoms with Crippen molar-refractivity contribution in [2.75, 3.05) is 13.1 Å². The molecule has 38 heavy (non-hydrogen) atoms. The van der Waals surface area contributed by atoms with Crippen LogP contribution < -0.4 is 0 Å². The monoisotopic (exact) mass is 535 g/mol. The van der Waals surface area contributed by atoms with E-state index in [-0.39, 0.29) is 30.2 Å². The molecule has 0 bridgehead atoms. The van der Waals surface area contributed by atoms with E-state index in [4.69, 9.17) is 11.6 Å². The van der Waals surface area contributed by atoms with Gasteiger partial charge in [0.2, 0.25) is 17.7 Å². The molecule has 0 aliphatic carbocycles. The van der Waals surface area contributed by atoms with Crippen LogP contribution in [0, 0.1) is 0 Å². The van der Waals surface area contributed by atoms with Crippen LogP contribution in [0.4, 0.5) is 0 Å². The number of amides is 4. The summed E-state index contributed by atoms with van der Waals surface area (Å²) in [6.07, 6.45) is 7.23. The van der Waals surface area contributed by atoms with Gasteiger partial charge in [-0.3, -0.25) is 19.2 Å². The minimum absolute atomic E-state index is 0.240. The Hall–Kier alpha value is -3.19. The Labute approximate surface area is 228 Å². The maximum Gasteiger partial charge on any atom is 0.273 e. The minimum Gasteiger partial charge on any atom is -0.343 e. The average molecular weight is 536 g/mol. The molecule has 7 nitrogen and oxygen atoms in total. The molecule has 5 rings (SSSR count). The van der Waals surface area contributed by atoms with Crippen molar-refractivity contribution in [2.24, 2.45) is 0 Å². The quantitative estimate of drug-likeness (QED) is 0.341. The number of piperidine rings is 2. The summed E-state index contributed by atoms with van der Waals surface area (Å²) in [6, 6.07) is 13.9. The van der Waals surface area contributed by atoms with Crippen molar-refractivity contribution in [3.63, 3.8) is 0 Å². The lowest BCUT2D eigenvalue weighted by Crippen LogP contribution is -2.51. The van der Waals surface area contributed by atoms with Gasteiger partial charge >= 0.3 is 0 Å². The van der Waals surface area contributed by atoms with Gasteiger partial charge in [-0.15, -0.1) is 0 Å². The fraction of sp³-hybridized carbons (Fsp3) is 0.467. The Morgan fingerprint density at radius 1 is 0.895 bits per heavy atom. The summed E-state index contributed by atoms with van der Waals surface area (Å²) in [7, 11) is 0. The molecule has 200 valence electrons. The summed E-state index contributed by atoms with van der Waals surface area (Å²) in [4.78, 5) is 52.2. The van der Waals surface area contributed by atoms with E-state index in [0.717, 1.165) is 72.8 Å². The number of carbonyl (C=O) groups excluding carboxylic acids is 4. The smallest absolute Gasteiger partial charge is 0.273 e. The van der Waals surface area contributed by atoms with Gasteiger partial charge in [0.15, 0.2) is 0 Å². The highest BCUT2D eigenvalue weighted by Crippen LogP contribution is 2.30. The maximum atomic E-state index is 13.0. The first kappa shape index (κ1) is 26.4. The van der Waals surface area contributed by atoms with Crippen LogP contribution in [0.2, 0.25) is 5.02 Å². The first-order chi connectivity index (χ1) is 18.4. The van der Waals surface area contributed by atoms with Gasteiger partial charge in [0, 0.05) is 42.9 Å². The Morgan fingerprint density at radius 3 is 2.32 bits per heavy atom. The molecule has 0 atom stereocenters. The summed E-state index contributed by atoms with van der Waals surface area (Å²) in [5.74, 6) is -0.157. The molecule has 0 spiro atoms. The number of imide groups is 1. The third-order valence-electron chi connectivity index (χ3n) is 8.00. The van der Waals surface area contributed by atoms with E-state index in [0.29, 0.717) is 37.2 Å². The molecule has 2 saturated heterocycles. The number of carbonyl (C=O) groups is 4. The third kappa shape index (κ3) is 5.78. The summed E-state index contributed by atoms with van der Waals surface area (Å²) in [6.45, 7) is 1.87. The molecule has 3 aliphatic heterocycles. The van der Waals surface area contributed by atoms with Gasteiger partial charge in [0.1, 0.15) is 0 Å². The van der Waals surface area contributed by atoms with Crippen LogP contribution >= 0.6 is 11.6 Å². The van der Waals surface area contributed by atoms with Crippen LogP contribution in [0.3, 0.4) is 0 Å². The SMILES string of the molecule is O=C(CCCCCc1ccc2c(c1)C(=O)N(N1C(=O)CCCC1=O)C2)N1CCC(c2ccc(Cl)cc2)CC1. The van der Waals surface area contributed by atoms with E-state index in [1.54, 1.807) is 0 Å². The van der Waals surface area contributed by atoms with E-state index in [2.05, 4.69) is 12.1 Å². The highest BCUT2D eigenvalue weighted by molar-refractivity contribution is 6.30. The number of likely N-dealkylation sites (tertiary alicyclic amines) is 1. The van der Waals surface area contributed by atoms with Gasteiger partial charge in [-0.2, -0.15) is 5.01 Å². The van der Waals surface area contributed by atoms with Crippen molar-refractivity contribution in [2.45, 2.75) is 76.7 Å². The van der Waals surface area contributed by atoms with Crippen LogP contribution in [0.15, 0.2) is 42.5 Å². The number of aryl methyl sites for hydroxylation is 1. The van der Waals surface area contributed by atoms with Crippen LogP contribution in [-0.2, 0) is 27.3 Å². The predicted octanol–water partition coefficient (Wildman–Crippen LogP) is 5.26. The van der Waals surface area contributed by atoms with E-state index in [9.17, 15) is 19.2 Å². The lowest BCUT2D eigenvalue weighted by Gasteiger charge is -2.32. The number of unbranched alkanes of at least 4 members (excludes halogenated alkanes) is 2. The number of hydrogen-bond donors (Lipinski definition) is 0. The normalized spacial score (nSPS) is 18.3. The molecule has 0 aromatic heterocycles. The molecule has 2 aromatic carbocycles. The average Bonchev–Trinajstić information content (AvgIpc) is 3.24. The van der Waals surface area contributed by atoms with Crippen LogP contribution in [0.5, 0.6) is 0 Å². The molecular weight excluding hydrogens is 502 g/mol. The van der Waals surface area contributed by atoms with Crippen LogP contribution in [-0.4, -0.2) is 51.6 Å². The Morgan fingerprint density at radius 2 is 1.61 bits per heavy atom. The number of hydrazine groups is 1. The van der Waals surface area contributed by atoms with Gasteiger partial charge in [0.05, 0.1) is 6.54 Å². The summed E-state index contributed by atoms with van der Waals surface area (Å²) in [5, 5.41) is 3.09. The molecule has 0 unspecified atom stereocenters. The van der Waals surface area contributed by atoms with Crippen molar-refractivity contribution >= 4 is 35.2 Å². The fourth-order valence-electron chi connectivity index (χ4n) is 5.80. The van der Waals surface area contributed by atoms with Gasteiger partial charge < -0.3 is 4.90 Å². The van der Waals surface area contributed by atoms with Crippen molar-refractivity contribution in [1.82, 2.24) is 14.9 Å². The van der Waals surface area contributed by atoms with Gasteiger partial charge in [-0.05, 0) is 79.3 Å². The first-order valence-electron chi connectivity index (χ1n) is 13.7. The van der Waals surface area contributed by atoms with Gasteiger partial charge in [-0.1, -0.05) is 42.3 Å². The number of halogens is 1. The number of hydrogen-bond acceptors (Lipinski definition) is 4. The number of rotatable bonds is 8. The second kappa shape index (κ2) is 11.7. The predicted molar refractivity (Wildman–Crippen MR) is 144 cm³/mol. The second-order valence-electron chi connectivity index (χ2n) is 10.6. The van der Waals surface area contributed by atoms with E-state index >= 15 is 0 Å². The summed E-state index contributed by atoms with van der Waals surface area (Å²) in [5.41, 5.74) is 3.78. The number of fused-ring (bicyclic) bond motifs is 1. The Kier molecular flexibility index (Phi) is 8.12. The summed E-state index contributed by atoms with van der Waals surface area (Å²) >= 11 is 6.00. The zero-order valence-corrected chi connectivity index (χ0v) is 22.4. The topological polar surface area (TPSA) is 78.0 Å². The largest absolute Gasteiger partial charge is 0.343 e. The molecule has 3 aliphatic rings. The van der Waals surface area contributed by atoms with E-state index < -0.39 is 0 Å². The highest BCUT2D eigenvalue weighted by atomic mass is 35.5. The Balaban J connectivity index is 1.04. The minimum atomic E-state index is -0.303. The van der Waals surface area contributed by atoms with Crippen LogP contribution in [0.25, 0.3) is 0 Å². The van der Waals surface area contributed by atoms with E-state index in [1.165, 1.54) is 10.6 Å². The third-order valence-corrected chi connectivity index (χ3v) is 8.25. The highest BCUT2D eigenvalue weighted by Gasteiger charge is 2.39. The zero-order valence-electron chi connectivity index (χ0n) is 21.7. The Bertz CT molecular complexity index is 1200. The zero-order chi connectivity index (χ0) is 26.6. The fourth-order valence-corrected chi connectivity index (χ4v) is 5.92. The van der Waals surface area contributed by atoms with Gasteiger partial charge in [0.25, 0.3) is 5.91 Å². The number of benzene rings is 2. The van der Waals surface area contributed by atoms with Crippen LogP contribution in [0.1, 0.15) is 90.8 Å². The maximum absolute atomic E-state index is 13.0. The standard InChI is InChI=1S/C30H34ClN3O4/c31-25-13-11-22(12-14-25)23-15-17-32(18-16-23)27(35)6-3-1-2-5-21-9-10-24-20-33(30(38)26(24)19-21)34-28(36)7-4-8-29(34)37/h9-14,19,23H,1-8,15-18,20H2. The molecular formula is C30H34ClN3O4. The first-order valence-corrected chi connectivity index (χ1v) is 14.1. The molecule has 8 heteroatoms. The lowest BCUT2D eigenvalue weighted by molar-refractivity contribution is -0.163.